The molecule has 0 aliphatic carbocycles. The third-order valence-electron chi connectivity index (χ3n) is 4.01. The van der Waals surface area contributed by atoms with E-state index in [-0.39, 0.29) is 17.7 Å². The number of ether oxygens (including phenoxy) is 1. The van der Waals surface area contributed by atoms with Crippen molar-refractivity contribution in [3.63, 3.8) is 0 Å². The maximum atomic E-state index is 13.4. The van der Waals surface area contributed by atoms with Gasteiger partial charge in [-0.15, -0.1) is 11.3 Å². The van der Waals surface area contributed by atoms with Crippen LogP contribution < -0.4 is 5.32 Å². The average Bonchev–Trinajstić information content (AvgIpc) is 2.98. The summed E-state index contributed by atoms with van der Waals surface area (Å²) < 4.78 is 18.6. The molecule has 2 aromatic carbocycles. The van der Waals surface area contributed by atoms with E-state index in [1.54, 1.807) is 31.2 Å². The molecule has 3 aromatic rings. The molecule has 0 radical (unpaired) electrons. The van der Waals surface area contributed by atoms with Crippen molar-refractivity contribution < 1.29 is 18.7 Å². The number of carbonyl (C=O) groups is 2. The smallest absolute Gasteiger partial charge is 0.341 e. The molecule has 0 aliphatic rings. The predicted octanol–water partition coefficient (Wildman–Crippen LogP) is 5.95. The number of rotatable bonds is 5. The minimum absolute atomic E-state index is 0.161. The molecule has 0 atom stereocenters. The molecule has 1 amide bonds. The molecule has 1 heterocycles. The van der Waals surface area contributed by atoms with E-state index in [2.05, 4.69) is 5.32 Å². The Morgan fingerprint density at radius 3 is 2.54 bits per heavy atom. The second kappa shape index (κ2) is 8.54. The number of benzene rings is 2. The molecule has 0 fully saturated rings. The number of halogens is 2. The van der Waals surface area contributed by atoms with Gasteiger partial charge in [-0.3, -0.25) is 4.79 Å². The third-order valence-corrected chi connectivity index (χ3v) is 5.28. The Balaban J connectivity index is 2.05. The van der Waals surface area contributed by atoms with Crippen LogP contribution in [0.1, 0.15) is 32.5 Å². The summed E-state index contributed by atoms with van der Waals surface area (Å²) >= 11 is 7.23. The second-order valence-corrected chi connectivity index (χ2v) is 7.59. The van der Waals surface area contributed by atoms with Gasteiger partial charge in [0.15, 0.2) is 0 Å². The molecule has 1 N–H and O–H groups in total. The molecule has 7 heteroatoms. The van der Waals surface area contributed by atoms with Crippen molar-refractivity contribution in [3.05, 3.63) is 75.4 Å². The molecule has 0 bridgehead atoms. The number of hydrogen-bond acceptors (Lipinski definition) is 4. The largest absolute Gasteiger partial charge is 0.462 e. The maximum Gasteiger partial charge on any atom is 0.341 e. The van der Waals surface area contributed by atoms with Gasteiger partial charge < -0.3 is 10.1 Å². The minimum atomic E-state index is -0.536. The Bertz CT molecular complexity index is 1030. The number of esters is 1. The Morgan fingerprint density at radius 2 is 1.89 bits per heavy atom. The summed E-state index contributed by atoms with van der Waals surface area (Å²) in [5, 5.41) is 3.66. The lowest BCUT2D eigenvalue weighted by molar-refractivity contribution is 0.0529. The van der Waals surface area contributed by atoms with Crippen molar-refractivity contribution >= 4 is 39.8 Å². The van der Waals surface area contributed by atoms with Gasteiger partial charge in [0.05, 0.1) is 6.61 Å². The summed E-state index contributed by atoms with van der Waals surface area (Å²) in [5.41, 5.74) is 1.90. The fraction of sp³-hybridized carbons (Fsp3) is 0.143. The summed E-state index contributed by atoms with van der Waals surface area (Å²) in [6.45, 7) is 3.77. The van der Waals surface area contributed by atoms with Crippen LogP contribution in [0.5, 0.6) is 0 Å². The number of carbonyl (C=O) groups excluding carboxylic acids is 2. The molecule has 144 valence electrons. The highest BCUT2D eigenvalue weighted by Crippen LogP contribution is 2.40. The summed E-state index contributed by atoms with van der Waals surface area (Å²) in [7, 11) is 0. The van der Waals surface area contributed by atoms with Gasteiger partial charge >= 0.3 is 5.97 Å². The predicted molar refractivity (Wildman–Crippen MR) is 110 cm³/mol. The van der Waals surface area contributed by atoms with E-state index in [9.17, 15) is 14.0 Å². The van der Waals surface area contributed by atoms with Crippen LogP contribution in [-0.4, -0.2) is 18.5 Å². The SMILES string of the molecule is CCOC(=O)c1c(NC(=O)c2cccc(F)c2)sc(C)c1-c1ccc(Cl)cc1. The van der Waals surface area contributed by atoms with Crippen LogP contribution in [0, 0.1) is 12.7 Å². The Morgan fingerprint density at radius 1 is 1.18 bits per heavy atom. The highest BCUT2D eigenvalue weighted by atomic mass is 35.5. The fourth-order valence-corrected chi connectivity index (χ4v) is 3.99. The van der Waals surface area contributed by atoms with E-state index in [0.29, 0.717) is 15.6 Å². The number of hydrogen-bond donors (Lipinski definition) is 1. The zero-order chi connectivity index (χ0) is 20.3. The van der Waals surface area contributed by atoms with Crippen molar-refractivity contribution in [1.29, 1.82) is 0 Å². The normalized spacial score (nSPS) is 10.6. The molecule has 4 nitrogen and oxygen atoms in total. The van der Waals surface area contributed by atoms with Gasteiger partial charge in [0, 0.05) is 21.0 Å². The summed E-state index contributed by atoms with van der Waals surface area (Å²) in [6.07, 6.45) is 0. The Labute approximate surface area is 170 Å². The summed E-state index contributed by atoms with van der Waals surface area (Å²) in [5.74, 6) is -1.55. The Kier molecular flexibility index (Phi) is 6.11. The zero-order valence-corrected chi connectivity index (χ0v) is 16.8. The number of aryl methyl sites for hydroxylation is 1. The van der Waals surface area contributed by atoms with E-state index in [0.717, 1.165) is 16.5 Å². The molecule has 28 heavy (non-hydrogen) atoms. The van der Waals surface area contributed by atoms with Crippen LogP contribution in [0.3, 0.4) is 0 Å². The van der Waals surface area contributed by atoms with E-state index in [1.807, 2.05) is 6.92 Å². The molecule has 0 aliphatic heterocycles. The van der Waals surface area contributed by atoms with E-state index < -0.39 is 17.7 Å². The highest BCUT2D eigenvalue weighted by Gasteiger charge is 2.25. The van der Waals surface area contributed by atoms with Crippen LogP contribution in [0.4, 0.5) is 9.39 Å². The molecular weight excluding hydrogens is 401 g/mol. The van der Waals surface area contributed by atoms with Crippen molar-refractivity contribution in [1.82, 2.24) is 0 Å². The maximum absolute atomic E-state index is 13.4. The Hall–Kier alpha value is -2.70. The number of thiophene rings is 1. The van der Waals surface area contributed by atoms with Crippen LogP contribution in [0.25, 0.3) is 11.1 Å². The van der Waals surface area contributed by atoms with Crippen molar-refractivity contribution in [2.24, 2.45) is 0 Å². The lowest BCUT2D eigenvalue weighted by atomic mass is 10.0. The molecule has 0 unspecified atom stereocenters. The van der Waals surface area contributed by atoms with E-state index in [4.69, 9.17) is 16.3 Å². The zero-order valence-electron chi connectivity index (χ0n) is 15.2. The molecule has 1 aromatic heterocycles. The topological polar surface area (TPSA) is 55.4 Å². The highest BCUT2D eigenvalue weighted by molar-refractivity contribution is 7.17. The van der Waals surface area contributed by atoms with E-state index >= 15 is 0 Å². The monoisotopic (exact) mass is 417 g/mol. The number of amides is 1. The first-order chi connectivity index (χ1) is 13.4. The van der Waals surface area contributed by atoms with Crippen LogP contribution in [0.2, 0.25) is 5.02 Å². The average molecular weight is 418 g/mol. The van der Waals surface area contributed by atoms with Crippen molar-refractivity contribution in [3.8, 4) is 11.1 Å². The van der Waals surface area contributed by atoms with Crippen LogP contribution in [0.15, 0.2) is 48.5 Å². The van der Waals surface area contributed by atoms with Gasteiger partial charge in [0.1, 0.15) is 16.4 Å². The standard InChI is InChI=1S/C21H17ClFNO3S/c1-3-27-21(26)18-17(13-7-9-15(22)10-8-13)12(2)28-20(18)24-19(25)14-5-4-6-16(23)11-14/h4-11H,3H2,1-2H3,(H,24,25). The molecule has 0 spiro atoms. The minimum Gasteiger partial charge on any atom is -0.462 e. The molecular formula is C21H17ClFNO3S. The van der Waals surface area contributed by atoms with Crippen molar-refractivity contribution in [2.45, 2.75) is 13.8 Å². The first-order valence-corrected chi connectivity index (χ1v) is 9.73. The van der Waals surface area contributed by atoms with Crippen LogP contribution in [-0.2, 0) is 4.74 Å². The van der Waals surface area contributed by atoms with Crippen LogP contribution >= 0.6 is 22.9 Å². The number of nitrogens with one attached hydrogen (secondary N) is 1. The second-order valence-electron chi connectivity index (χ2n) is 5.93. The quantitative estimate of drug-likeness (QED) is 0.522. The van der Waals surface area contributed by atoms with Gasteiger partial charge in [0.2, 0.25) is 0 Å². The lowest BCUT2D eigenvalue weighted by Crippen LogP contribution is -2.15. The first kappa shape index (κ1) is 20.0. The lowest BCUT2D eigenvalue weighted by Gasteiger charge is -2.09. The molecule has 0 saturated carbocycles. The first-order valence-electron chi connectivity index (χ1n) is 8.54. The summed E-state index contributed by atoms with van der Waals surface area (Å²) in [4.78, 5) is 26.1. The van der Waals surface area contributed by atoms with Crippen molar-refractivity contribution in [2.75, 3.05) is 11.9 Å². The van der Waals surface area contributed by atoms with E-state index in [1.165, 1.54) is 29.5 Å². The summed E-state index contributed by atoms with van der Waals surface area (Å²) in [6, 6.07) is 12.4. The fourth-order valence-electron chi connectivity index (χ4n) is 2.80. The van der Waals surface area contributed by atoms with Gasteiger partial charge in [-0.1, -0.05) is 29.8 Å². The van der Waals surface area contributed by atoms with Gasteiger partial charge in [-0.2, -0.15) is 0 Å². The van der Waals surface area contributed by atoms with Gasteiger partial charge in [-0.25, -0.2) is 9.18 Å². The van der Waals surface area contributed by atoms with Gasteiger partial charge in [-0.05, 0) is 49.7 Å². The number of anilines is 1. The molecule has 0 saturated heterocycles. The molecule has 3 rings (SSSR count). The van der Waals surface area contributed by atoms with Gasteiger partial charge in [0.25, 0.3) is 5.91 Å². The third kappa shape index (κ3) is 4.24.